The molecule has 10 nitrogen and oxygen atoms in total. The zero-order chi connectivity index (χ0) is 25.5. The highest BCUT2D eigenvalue weighted by Crippen LogP contribution is 2.21. The lowest BCUT2D eigenvalue weighted by atomic mass is 10.0. The summed E-state index contributed by atoms with van der Waals surface area (Å²) in [5, 5.41) is 15.3. The SMILES string of the molecule is CSCCC(NC(=O)C(N)Cc1c[nH]c2ccccc12)C(=O)N1CCCC1C(=O)NC(C)C(=O)O. The van der Waals surface area contributed by atoms with Crippen molar-refractivity contribution >= 4 is 46.4 Å². The molecule has 3 amide bonds. The maximum Gasteiger partial charge on any atom is 0.325 e. The van der Waals surface area contributed by atoms with Gasteiger partial charge in [0.15, 0.2) is 0 Å². The van der Waals surface area contributed by atoms with Crippen molar-refractivity contribution in [2.75, 3.05) is 18.6 Å². The third-order valence-corrected chi connectivity index (χ3v) is 6.89. The van der Waals surface area contributed by atoms with Gasteiger partial charge in [-0.2, -0.15) is 11.8 Å². The normalized spacial score (nSPS) is 18.1. The van der Waals surface area contributed by atoms with Crippen LogP contribution in [0.1, 0.15) is 31.7 Å². The largest absolute Gasteiger partial charge is 0.480 e. The molecule has 0 radical (unpaired) electrons. The number of hydrogen-bond donors (Lipinski definition) is 5. The lowest BCUT2D eigenvalue weighted by Gasteiger charge is -2.29. The van der Waals surface area contributed by atoms with Crippen LogP contribution in [0, 0.1) is 0 Å². The maximum absolute atomic E-state index is 13.4. The molecule has 1 fully saturated rings. The van der Waals surface area contributed by atoms with Crippen LogP contribution < -0.4 is 16.4 Å². The monoisotopic (exact) mass is 503 g/mol. The zero-order valence-corrected chi connectivity index (χ0v) is 20.8. The summed E-state index contributed by atoms with van der Waals surface area (Å²) >= 11 is 1.55. The van der Waals surface area contributed by atoms with E-state index in [1.165, 1.54) is 11.8 Å². The Labute approximate surface area is 208 Å². The highest BCUT2D eigenvalue weighted by atomic mass is 32.2. The number of carbonyl (C=O) groups excluding carboxylic acids is 3. The lowest BCUT2D eigenvalue weighted by Crippen LogP contribution is -2.56. The second kappa shape index (κ2) is 12.1. The van der Waals surface area contributed by atoms with E-state index in [4.69, 9.17) is 10.8 Å². The van der Waals surface area contributed by atoms with E-state index in [1.807, 2.05) is 36.7 Å². The van der Waals surface area contributed by atoms with Gasteiger partial charge in [0, 0.05) is 23.6 Å². The Morgan fingerprint density at radius 2 is 2.00 bits per heavy atom. The molecule has 1 aromatic heterocycles. The third-order valence-electron chi connectivity index (χ3n) is 6.24. The molecule has 11 heteroatoms. The Morgan fingerprint density at radius 1 is 1.26 bits per heavy atom. The number of thioether (sulfide) groups is 1. The number of amides is 3. The van der Waals surface area contributed by atoms with Crippen LogP contribution in [0.25, 0.3) is 10.9 Å². The smallest absolute Gasteiger partial charge is 0.325 e. The second-order valence-corrected chi connectivity index (χ2v) is 9.76. The minimum Gasteiger partial charge on any atom is -0.480 e. The number of benzene rings is 1. The minimum atomic E-state index is -1.15. The van der Waals surface area contributed by atoms with Crippen LogP contribution in [0.3, 0.4) is 0 Å². The molecule has 2 aromatic rings. The molecule has 0 spiro atoms. The van der Waals surface area contributed by atoms with Crippen molar-refractivity contribution in [2.45, 2.75) is 56.8 Å². The number of likely N-dealkylation sites (tertiary alicyclic amines) is 1. The average molecular weight is 504 g/mol. The molecule has 0 aliphatic carbocycles. The van der Waals surface area contributed by atoms with Crippen LogP contribution >= 0.6 is 11.8 Å². The topological polar surface area (TPSA) is 158 Å². The Morgan fingerprint density at radius 3 is 2.71 bits per heavy atom. The fourth-order valence-electron chi connectivity index (χ4n) is 4.28. The number of nitrogens with one attached hydrogen (secondary N) is 3. The van der Waals surface area contributed by atoms with Crippen LogP contribution in [-0.4, -0.2) is 81.4 Å². The Hall–Kier alpha value is -3.05. The van der Waals surface area contributed by atoms with Gasteiger partial charge in [0.25, 0.3) is 0 Å². The summed E-state index contributed by atoms with van der Waals surface area (Å²) in [6.07, 6.45) is 5.50. The van der Waals surface area contributed by atoms with E-state index >= 15 is 0 Å². The molecule has 1 saturated heterocycles. The van der Waals surface area contributed by atoms with E-state index in [9.17, 15) is 19.2 Å². The first kappa shape index (κ1) is 26.6. The number of H-pyrrole nitrogens is 1. The molecular formula is C24H33N5O5S. The average Bonchev–Trinajstić information content (AvgIpc) is 3.49. The van der Waals surface area contributed by atoms with Crippen LogP contribution in [-0.2, 0) is 25.6 Å². The number of para-hydroxylation sites is 1. The molecule has 2 heterocycles. The number of rotatable bonds is 11. The van der Waals surface area contributed by atoms with Gasteiger partial charge in [-0.1, -0.05) is 18.2 Å². The molecule has 1 aliphatic heterocycles. The van der Waals surface area contributed by atoms with Crippen molar-refractivity contribution in [3.05, 3.63) is 36.0 Å². The van der Waals surface area contributed by atoms with Gasteiger partial charge in [0.2, 0.25) is 17.7 Å². The molecule has 0 bridgehead atoms. The number of fused-ring (bicyclic) bond motifs is 1. The Balaban J connectivity index is 1.67. The number of nitrogens with zero attached hydrogens (tertiary/aromatic N) is 1. The van der Waals surface area contributed by atoms with Gasteiger partial charge in [-0.25, -0.2) is 0 Å². The molecule has 35 heavy (non-hydrogen) atoms. The van der Waals surface area contributed by atoms with Crippen molar-refractivity contribution in [3.8, 4) is 0 Å². The van der Waals surface area contributed by atoms with Crippen LogP contribution in [0.2, 0.25) is 0 Å². The molecular weight excluding hydrogens is 470 g/mol. The lowest BCUT2D eigenvalue weighted by molar-refractivity contribution is -0.144. The van der Waals surface area contributed by atoms with E-state index in [2.05, 4.69) is 15.6 Å². The standard InChI is InChI=1S/C24H33N5O5S/c1-14(24(33)34)27-22(31)20-8-5-10-29(20)23(32)19(9-11-35-2)28-21(30)17(25)12-15-13-26-18-7-4-3-6-16(15)18/h3-4,6-7,13-14,17,19-20,26H,5,8-12,25H2,1-2H3,(H,27,31)(H,28,30)(H,33,34). The number of carboxylic acids is 1. The van der Waals surface area contributed by atoms with E-state index in [0.29, 0.717) is 38.0 Å². The molecule has 1 aromatic carbocycles. The van der Waals surface area contributed by atoms with E-state index < -0.39 is 42.0 Å². The predicted octanol–water partition coefficient (Wildman–Crippen LogP) is 0.856. The molecule has 3 rings (SSSR count). The van der Waals surface area contributed by atoms with E-state index in [0.717, 1.165) is 16.5 Å². The first-order valence-electron chi connectivity index (χ1n) is 11.7. The van der Waals surface area contributed by atoms with Gasteiger partial charge in [-0.3, -0.25) is 19.2 Å². The second-order valence-electron chi connectivity index (χ2n) is 8.77. The van der Waals surface area contributed by atoms with Gasteiger partial charge < -0.3 is 31.4 Å². The molecule has 1 aliphatic rings. The first-order chi connectivity index (χ1) is 16.7. The number of hydrogen-bond acceptors (Lipinski definition) is 6. The number of aromatic nitrogens is 1. The van der Waals surface area contributed by atoms with Gasteiger partial charge in [0.05, 0.1) is 6.04 Å². The maximum atomic E-state index is 13.4. The van der Waals surface area contributed by atoms with E-state index in [1.54, 1.807) is 11.8 Å². The summed E-state index contributed by atoms with van der Waals surface area (Å²) in [7, 11) is 0. The van der Waals surface area contributed by atoms with Crippen LogP contribution in [0.5, 0.6) is 0 Å². The highest BCUT2D eigenvalue weighted by molar-refractivity contribution is 7.98. The fourth-order valence-corrected chi connectivity index (χ4v) is 4.75. The van der Waals surface area contributed by atoms with Gasteiger partial charge >= 0.3 is 5.97 Å². The summed E-state index contributed by atoms with van der Waals surface area (Å²) in [4.78, 5) is 54.7. The fraction of sp³-hybridized carbons (Fsp3) is 0.500. The van der Waals surface area contributed by atoms with E-state index in [-0.39, 0.29) is 5.91 Å². The quantitative estimate of drug-likeness (QED) is 0.304. The predicted molar refractivity (Wildman–Crippen MR) is 135 cm³/mol. The summed E-state index contributed by atoms with van der Waals surface area (Å²) in [6.45, 7) is 1.74. The molecule has 6 N–H and O–H groups in total. The first-order valence-corrected chi connectivity index (χ1v) is 13.1. The molecule has 4 atom stereocenters. The minimum absolute atomic E-state index is 0.307. The molecule has 0 saturated carbocycles. The Bertz CT molecular complexity index is 1070. The summed E-state index contributed by atoms with van der Waals surface area (Å²) in [6, 6.07) is 4.24. The number of aromatic amines is 1. The molecule has 190 valence electrons. The number of aliphatic carboxylic acids is 1. The van der Waals surface area contributed by atoms with Crippen LogP contribution in [0.4, 0.5) is 0 Å². The van der Waals surface area contributed by atoms with Crippen molar-refractivity contribution in [3.63, 3.8) is 0 Å². The van der Waals surface area contributed by atoms with Gasteiger partial charge in [-0.15, -0.1) is 0 Å². The molecule has 4 unspecified atom stereocenters. The summed E-state index contributed by atoms with van der Waals surface area (Å²) in [5.41, 5.74) is 8.09. The van der Waals surface area contributed by atoms with Crippen molar-refractivity contribution in [2.24, 2.45) is 5.73 Å². The Kier molecular flexibility index (Phi) is 9.16. The highest BCUT2D eigenvalue weighted by Gasteiger charge is 2.38. The van der Waals surface area contributed by atoms with Crippen molar-refractivity contribution in [1.82, 2.24) is 20.5 Å². The van der Waals surface area contributed by atoms with Gasteiger partial charge in [0.1, 0.15) is 18.1 Å². The number of carboxylic acid groups (broad SMARTS) is 1. The van der Waals surface area contributed by atoms with Crippen molar-refractivity contribution in [1.29, 1.82) is 0 Å². The van der Waals surface area contributed by atoms with Gasteiger partial charge in [-0.05, 0) is 56.2 Å². The summed E-state index contributed by atoms with van der Waals surface area (Å²) < 4.78 is 0. The third kappa shape index (κ3) is 6.55. The van der Waals surface area contributed by atoms with Crippen molar-refractivity contribution < 1.29 is 24.3 Å². The zero-order valence-electron chi connectivity index (χ0n) is 20.0. The summed E-state index contributed by atoms with van der Waals surface area (Å²) in [5.74, 6) is -1.81. The number of nitrogens with two attached hydrogens (primary N) is 1. The van der Waals surface area contributed by atoms with Crippen LogP contribution in [0.15, 0.2) is 30.5 Å². The number of carbonyl (C=O) groups is 4.